The maximum absolute atomic E-state index is 9.48. The van der Waals surface area contributed by atoms with E-state index in [1.54, 1.807) is 13.1 Å². The van der Waals surface area contributed by atoms with Crippen LogP contribution in [0.5, 0.6) is 0 Å². The Kier molecular flexibility index (Phi) is 3.25. The maximum Gasteiger partial charge on any atom is 0.134 e. The Morgan fingerprint density at radius 2 is 2.31 bits per heavy atom. The van der Waals surface area contributed by atoms with Crippen LogP contribution in [-0.4, -0.2) is 23.7 Å². The molecule has 0 amide bonds. The minimum atomic E-state index is -0.460. The molecule has 13 heavy (non-hydrogen) atoms. The number of nitrogens with zero attached hydrogens (tertiary/aromatic N) is 2. The third-order valence-electron chi connectivity index (χ3n) is 2.10. The van der Waals surface area contributed by atoms with Crippen LogP contribution in [0.25, 0.3) is 0 Å². The number of pyridine rings is 1. The third kappa shape index (κ3) is 2.18. The summed E-state index contributed by atoms with van der Waals surface area (Å²) >= 11 is 0. The van der Waals surface area contributed by atoms with Crippen molar-refractivity contribution in [2.75, 3.05) is 18.5 Å². The van der Waals surface area contributed by atoms with Gasteiger partial charge in [0.2, 0.25) is 0 Å². The molecule has 1 heterocycles. The zero-order chi connectivity index (χ0) is 9.84. The number of aromatic nitrogens is 1. The van der Waals surface area contributed by atoms with Gasteiger partial charge in [0.15, 0.2) is 0 Å². The van der Waals surface area contributed by atoms with Gasteiger partial charge in [-0.05, 0) is 19.9 Å². The topological polar surface area (TPSA) is 36.4 Å². The summed E-state index contributed by atoms with van der Waals surface area (Å²) in [7, 11) is 1.97. The standard InChI is InChI=1S/C10H16N2O/c1-4-12(3)10-9(8(2)13)6-5-7-11-10/h5-8,13H,4H2,1-3H3/t8-/m1/s1. The Hall–Kier alpha value is -1.09. The van der Waals surface area contributed by atoms with E-state index in [-0.39, 0.29) is 0 Å². The van der Waals surface area contributed by atoms with Crippen molar-refractivity contribution in [1.82, 2.24) is 4.98 Å². The predicted molar refractivity (Wildman–Crippen MR) is 53.8 cm³/mol. The highest BCUT2D eigenvalue weighted by Crippen LogP contribution is 2.21. The van der Waals surface area contributed by atoms with Gasteiger partial charge in [-0.15, -0.1) is 0 Å². The van der Waals surface area contributed by atoms with Gasteiger partial charge in [0.1, 0.15) is 5.82 Å². The SMILES string of the molecule is CCN(C)c1ncccc1[C@@H](C)O. The van der Waals surface area contributed by atoms with Gasteiger partial charge in [-0.3, -0.25) is 0 Å². The summed E-state index contributed by atoms with van der Waals surface area (Å²) in [4.78, 5) is 6.25. The molecule has 0 aliphatic heterocycles. The first kappa shape index (κ1) is 9.99. The van der Waals surface area contributed by atoms with Gasteiger partial charge >= 0.3 is 0 Å². The zero-order valence-corrected chi connectivity index (χ0v) is 8.36. The average Bonchev–Trinajstić information content (AvgIpc) is 2.16. The second-order valence-corrected chi connectivity index (χ2v) is 3.11. The van der Waals surface area contributed by atoms with Gasteiger partial charge < -0.3 is 10.0 Å². The van der Waals surface area contributed by atoms with Crippen LogP contribution in [-0.2, 0) is 0 Å². The largest absolute Gasteiger partial charge is 0.389 e. The molecule has 1 rings (SSSR count). The number of hydrogen-bond acceptors (Lipinski definition) is 3. The second kappa shape index (κ2) is 4.23. The summed E-state index contributed by atoms with van der Waals surface area (Å²) in [6.45, 7) is 4.70. The summed E-state index contributed by atoms with van der Waals surface area (Å²) in [5, 5.41) is 9.48. The highest BCUT2D eigenvalue weighted by atomic mass is 16.3. The molecule has 0 bridgehead atoms. The van der Waals surface area contributed by atoms with Crippen molar-refractivity contribution in [3.63, 3.8) is 0 Å². The molecule has 0 spiro atoms. The Morgan fingerprint density at radius 1 is 1.62 bits per heavy atom. The summed E-state index contributed by atoms with van der Waals surface area (Å²) in [6, 6.07) is 3.74. The number of aliphatic hydroxyl groups is 1. The first-order valence-electron chi connectivity index (χ1n) is 4.51. The third-order valence-corrected chi connectivity index (χ3v) is 2.10. The molecule has 0 aromatic carbocycles. The van der Waals surface area contributed by atoms with Crippen molar-refractivity contribution in [2.45, 2.75) is 20.0 Å². The van der Waals surface area contributed by atoms with Crippen LogP contribution < -0.4 is 4.90 Å². The van der Waals surface area contributed by atoms with Gasteiger partial charge in [-0.1, -0.05) is 6.07 Å². The summed E-state index contributed by atoms with van der Waals surface area (Å²) in [6.07, 6.45) is 1.28. The van der Waals surface area contributed by atoms with E-state index in [0.717, 1.165) is 17.9 Å². The highest BCUT2D eigenvalue weighted by molar-refractivity contribution is 5.46. The van der Waals surface area contributed by atoms with Gasteiger partial charge in [-0.25, -0.2) is 4.98 Å². The quantitative estimate of drug-likeness (QED) is 0.767. The predicted octanol–water partition coefficient (Wildman–Crippen LogP) is 1.59. The molecular weight excluding hydrogens is 164 g/mol. The van der Waals surface area contributed by atoms with Crippen LogP contribution >= 0.6 is 0 Å². The first-order chi connectivity index (χ1) is 6.16. The Labute approximate surface area is 79.0 Å². The average molecular weight is 180 g/mol. The lowest BCUT2D eigenvalue weighted by atomic mass is 10.1. The lowest BCUT2D eigenvalue weighted by molar-refractivity contribution is 0.199. The van der Waals surface area contributed by atoms with E-state index in [0.29, 0.717) is 0 Å². The van der Waals surface area contributed by atoms with E-state index >= 15 is 0 Å². The number of hydrogen-bond donors (Lipinski definition) is 1. The smallest absolute Gasteiger partial charge is 0.134 e. The summed E-state index contributed by atoms with van der Waals surface area (Å²) in [5.41, 5.74) is 0.881. The fraction of sp³-hybridized carbons (Fsp3) is 0.500. The van der Waals surface area contributed by atoms with Crippen LogP contribution in [0.1, 0.15) is 25.5 Å². The van der Waals surface area contributed by atoms with Crippen molar-refractivity contribution < 1.29 is 5.11 Å². The fourth-order valence-electron chi connectivity index (χ4n) is 1.20. The van der Waals surface area contributed by atoms with Gasteiger partial charge in [-0.2, -0.15) is 0 Å². The second-order valence-electron chi connectivity index (χ2n) is 3.11. The zero-order valence-electron chi connectivity index (χ0n) is 8.36. The molecule has 0 aliphatic carbocycles. The molecule has 1 atom stereocenters. The molecular formula is C10H16N2O. The van der Waals surface area contributed by atoms with E-state index in [1.807, 2.05) is 24.1 Å². The molecule has 1 aromatic heterocycles. The Bertz CT molecular complexity index is 273. The van der Waals surface area contributed by atoms with Gasteiger partial charge in [0, 0.05) is 25.4 Å². The van der Waals surface area contributed by atoms with Gasteiger partial charge in [0.25, 0.3) is 0 Å². The van der Waals surface area contributed by atoms with E-state index in [1.165, 1.54) is 0 Å². The van der Waals surface area contributed by atoms with Crippen LogP contribution in [0.3, 0.4) is 0 Å². The number of aliphatic hydroxyl groups excluding tert-OH is 1. The maximum atomic E-state index is 9.48. The van der Waals surface area contributed by atoms with Crippen molar-refractivity contribution >= 4 is 5.82 Å². The highest BCUT2D eigenvalue weighted by Gasteiger charge is 2.10. The monoisotopic (exact) mass is 180 g/mol. The van der Waals surface area contributed by atoms with Crippen LogP contribution in [0.15, 0.2) is 18.3 Å². The molecule has 72 valence electrons. The van der Waals surface area contributed by atoms with E-state index in [4.69, 9.17) is 0 Å². The van der Waals surface area contributed by atoms with Crippen molar-refractivity contribution in [2.24, 2.45) is 0 Å². The normalized spacial score (nSPS) is 12.6. The molecule has 0 saturated carbocycles. The van der Waals surface area contributed by atoms with E-state index < -0.39 is 6.10 Å². The molecule has 1 aromatic rings. The molecule has 0 saturated heterocycles. The minimum absolute atomic E-state index is 0.460. The fourth-order valence-corrected chi connectivity index (χ4v) is 1.20. The van der Waals surface area contributed by atoms with Crippen molar-refractivity contribution in [3.8, 4) is 0 Å². The van der Waals surface area contributed by atoms with Crippen molar-refractivity contribution in [1.29, 1.82) is 0 Å². The molecule has 0 aliphatic rings. The lowest BCUT2D eigenvalue weighted by Crippen LogP contribution is -2.19. The Morgan fingerprint density at radius 3 is 2.85 bits per heavy atom. The Balaban J connectivity index is 3.04. The van der Waals surface area contributed by atoms with Crippen LogP contribution in [0.2, 0.25) is 0 Å². The summed E-state index contributed by atoms with van der Waals surface area (Å²) < 4.78 is 0. The number of anilines is 1. The minimum Gasteiger partial charge on any atom is -0.389 e. The number of rotatable bonds is 3. The lowest BCUT2D eigenvalue weighted by Gasteiger charge is -2.20. The van der Waals surface area contributed by atoms with Crippen LogP contribution in [0, 0.1) is 0 Å². The van der Waals surface area contributed by atoms with Crippen LogP contribution in [0.4, 0.5) is 5.82 Å². The van der Waals surface area contributed by atoms with E-state index in [9.17, 15) is 5.11 Å². The molecule has 0 unspecified atom stereocenters. The molecule has 1 N–H and O–H groups in total. The molecule has 3 heteroatoms. The molecule has 0 fully saturated rings. The summed E-state index contributed by atoms with van der Waals surface area (Å²) in [5.74, 6) is 0.861. The van der Waals surface area contributed by atoms with Gasteiger partial charge in [0.05, 0.1) is 6.10 Å². The van der Waals surface area contributed by atoms with Crippen molar-refractivity contribution in [3.05, 3.63) is 23.9 Å². The first-order valence-corrected chi connectivity index (χ1v) is 4.51. The molecule has 3 nitrogen and oxygen atoms in total. The van der Waals surface area contributed by atoms with E-state index in [2.05, 4.69) is 11.9 Å². The molecule has 0 radical (unpaired) electrons.